The van der Waals surface area contributed by atoms with E-state index in [1.807, 2.05) is 48.5 Å². The number of ketones is 2. The van der Waals surface area contributed by atoms with Gasteiger partial charge in [-0.25, -0.2) is 0 Å². The monoisotopic (exact) mass is 319 g/mol. The SMILES string of the molecule is CC(=O)c1ccc2c(c1)CC(C)(C)N=C2CC(=O)c1ccccc1. The molecule has 3 heteroatoms. The van der Waals surface area contributed by atoms with E-state index in [0.29, 0.717) is 11.1 Å². The fourth-order valence-electron chi connectivity index (χ4n) is 3.18. The number of rotatable bonds is 4. The zero-order valence-electron chi connectivity index (χ0n) is 14.3. The van der Waals surface area contributed by atoms with Crippen LogP contribution >= 0.6 is 0 Å². The molecule has 0 fully saturated rings. The number of hydrogen-bond acceptors (Lipinski definition) is 3. The number of nitrogens with zero attached hydrogens (tertiary/aromatic N) is 1. The van der Waals surface area contributed by atoms with E-state index in [4.69, 9.17) is 4.99 Å². The maximum absolute atomic E-state index is 12.6. The Bertz CT molecular complexity index is 832. The van der Waals surface area contributed by atoms with Gasteiger partial charge in [-0.3, -0.25) is 14.6 Å². The average molecular weight is 319 g/mol. The van der Waals surface area contributed by atoms with Crippen molar-refractivity contribution in [1.82, 2.24) is 0 Å². The lowest BCUT2D eigenvalue weighted by Crippen LogP contribution is -2.30. The van der Waals surface area contributed by atoms with Gasteiger partial charge in [0.15, 0.2) is 11.6 Å². The summed E-state index contributed by atoms with van der Waals surface area (Å²) >= 11 is 0. The Morgan fingerprint density at radius 2 is 1.75 bits per heavy atom. The fraction of sp³-hybridized carbons (Fsp3) is 0.286. The molecule has 0 atom stereocenters. The predicted octanol–water partition coefficient (Wildman–Crippen LogP) is 4.29. The molecule has 1 aliphatic heterocycles. The molecule has 2 aromatic carbocycles. The highest BCUT2D eigenvalue weighted by Crippen LogP contribution is 2.29. The van der Waals surface area contributed by atoms with E-state index >= 15 is 0 Å². The Hall–Kier alpha value is -2.55. The lowest BCUT2D eigenvalue weighted by Gasteiger charge is -2.29. The second kappa shape index (κ2) is 6.16. The smallest absolute Gasteiger partial charge is 0.168 e. The molecular weight excluding hydrogens is 298 g/mol. The maximum Gasteiger partial charge on any atom is 0.168 e. The van der Waals surface area contributed by atoms with Gasteiger partial charge >= 0.3 is 0 Å². The normalized spacial score (nSPS) is 15.4. The zero-order chi connectivity index (χ0) is 17.3. The van der Waals surface area contributed by atoms with Gasteiger partial charge in [0.2, 0.25) is 0 Å². The van der Waals surface area contributed by atoms with E-state index in [-0.39, 0.29) is 23.5 Å². The molecule has 122 valence electrons. The predicted molar refractivity (Wildman–Crippen MR) is 96.2 cm³/mol. The number of Topliss-reactive ketones (excluding diaryl/α,β-unsaturated/α-hetero) is 2. The third kappa shape index (κ3) is 3.35. The van der Waals surface area contributed by atoms with Crippen molar-refractivity contribution < 1.29 is 9.59 Å². The van der Waals surface area contributed by atoms with Crippen LogP contribution in [-0.4, -0.2) is 22.8 Å². The average Bonchev–Trinajstić information content (AvgIpc) is 2.54. The van der Waals surface area contributed by atoms with E-state index in [1.54, 1.807) is 6.92 Å². The van der Waals surface area contributed by atoms with Crippen molar-refractivity contribution in [3.8, 4) is 0 Å². The van der Waals surface area contributed by atoms with E-state index < -0.39 is 0 Å². The molecule has 3 nitrogen and oxygen atoms in total. The van der Waals surface area contributed by atoms with Crippen LogP contribution in [0, 0.1) is 0 Å². The van der Waals surface area contributed by atoms with Crippen molar-refractivity contribution in [2.75, 3.05) is 0 Å². The number of carbonyl (C=O) groups is 2. The Balaban J connectivity index is 1.97. The molecule has 3 rings (SSSR count). The first kappa shape index (κ1) is 16.3. The van der Waals surface area contributed by atoms with Gasteiger partial charge in [0.25, 0.3) is 0 Å². The van der Waals surface area contributed by atoms with Gasteiger partial charge in [-0.2, -0.15) is 0 Å². The minimum absolute atomic E-state index is 0.0556. The summed E-state index contributed by atoms with van der Waals surface area (Å²) in [6, 6.07) is 15.0. The number of benzene rings is 2. The Kier molecular flexibility index (Phi) is 4.18. The van der Waals surface area contributed by atoms with E-state index in [2.05, 4.69) is 13.8 Å². The molecule has 2 aromatic rings. The summed E-state index contributed by atoms with van der Waals surface area (Å²) in [7, 11) is 0. The second-order valence-electron chi connectivity index (χ2n) is 6.94. The molecule has 0 unspecified atom stereocenters. The lowest BCUT2D eigenvalue weighted by atomic mass is 9.84. The van der Waals surface area contributed by atoms with Crippen molar-refractivity contribution in [2.45, 2.75) is 39.2 Å². The third-order valence-electron chi connectivity index (χ3n) is 4.31. The molecule has 0 saturated heterocycles. The van der Waals surface area contributed by atoms with Gasteiger partial charge in [0, 0.05) is 11.1 Å². The minimum Gasteiger partial charge on any atom is -0.295 e. The molecule has 0 bridgehead atoms. The largest absolute Gasteiger partial charge is 0.295 e. The van der Waals surface area contributed by atoms with Crippen molar-refractivity contribution in [3.63, 3.8) is 0 Å². The summed E-state index contributed by atoms with van der Waals surface area (Å²) in [5, 5.41) is 0. The van der Waals surface area contributed by atoms with Crippen LogP contribution in [-0.2, 0) is 6.42 Å². The van der Waals surface area contributed by atoms with Crippen LogP contribution in [0.25, 0.3) is 0 Å². The van der Waals surface area contributed by atoms with Crippen molar-refractivity contribution in [3.05, 3.63) is 70.8 Å². The van der Waals surface area contributed by atoms with Gasteiger partial charge in [-0.15, -0.1) is 0 Å². The molecule has 0 amide bonds. The van der Waals surface area contributed by atoms with Crippen molar-refractivity contribution >= 4 is 17.3 Å². The third-order valence-corrected chi connectivity index (χ3v) is 4.31. The highest BCUT2D eigenvalue weighted by atomic mass is 16.1. The van der Waals surface area contributed by atoms with Crippen LogP contribution in [0.3, 0.4) is 0 Å². The lowest BCUT2D eigenvalue weighted by molar-refractivity contribution is 0.0996. The van der Waals surface area contributed by atoms with Gasteiger partial charge in [-0.05, 0) is 44.4 Å². The van der Waals surface area contributed by atoms with E-state index in [9.17, 15) is 9.59 Å². The Morgan fingerprint density at radius 3 is 2.42 bits per heavy atom. The zero-order valence-corrected chi connectivity index (χ0v) is 14.3. The molecule has 0 radical (unpaired) electrons. The van der Waals surface area contributed by atoms with Crippen LogP contribution in [0.2, 0.25) is 0 Å². The minimum atomic E-state index is -0.269. The summed E-state index contributed by atoms with van der Waals surface area (Å²) in [5.41, 5.74) is 4.03. The molecule has 0 saturated carbocycles. The van der Waals surface area contributed by atoms with Crippen molar-refractivity contribution in [1.29, 1.82) is 0 Å². The van der Waals surface area contributed by atoms with Gasteiger partial charge in [-0.1, -0.05) is 42.5 Å². The van der Waals surface area contributed by atoms with Crippen LogP contribution in [0.15, 0.2) is 53.5 Å². The first-order valence-corrected chi connectivity index (χ1v) is 8.17. The molecule has 0 N–H and O–H groups in total. The first-order valence-electron chi connectivity index (χ1n) is 8.17. The highest BCUT2D eigenvalue weighted by Gasteiger charge is 2.28. The Labute approximate surface area is 142 Å². The number of hydrogen-bond donors (Lipinski definition) is 0. The number of carbonyl (C=O) groups excluding carboxylic acids is 2. The molecule has 0 aromatic heterocycles. The Morgan fingerprint density at radius 1 is 1.04 bits per heavy atom. The maximum atomic E-state index is 12.6. The van der Waals surface area contributed by atoms with Crippen LogP contribution < -0.4 is 0 Å². The number of fused-ring (bicyclic) bond motifs is 1. The first-order chi connectivity index (χ1) is 11.4. The topological polar surface area (TPSA) is 46.5 Å². The number of aliphatic imine (C=N–C) groups is 1. The molecule has 1 heterocycles. The summed E-state index contributed by atoms with van der Waals surface area (Å²) < 4.78 is 0. The molecular formula is C21H21NO2. The standard InChI is InChI=1S/C21H21NO2/c1-14(23)16-9-10-18-17(11-16)13-21(2,3)22-19(18)12-20(24)15-7-5-4-6-8-15/h4-11H,12-13H2,1-3H3. The molecule has 0 aliphatic carbocycles. The summed E-state index contributed by atoms with van der Waals surface area (Å²) in [6.45, 7) is 5.69. The molecule has 0 spiro atoms. The van der Waals surface area contributed by atoms with Gasteiger partial charge in [0.05, 0.1) is 17.7 Å². The van der Waals surface area contributed by atoms with Gasteiger partial charge < -0.3 is 0 Å². The highest BCUT2D eigenvalue weighted by molar-refractivity contribution is 6.17. The van der Waals surface area contributed by atoms with Crippen LogP contribution in [0.4, 0.5) is 0 Å². The fourth-order valence-corrected chi connectivity index (χ4v) is 3.18. The summed E-state index contributed by atoms with van der Waals surface area (Å²) in [5.74, 6) is 0.119. The van der Waals surface area contributed by atoms with Crippen LogP contribution in [0.1, 0.15) is 59.0 Å². The molecule has 24 heavy (non-hydrogen) atoms. The van der Waals surface area contributed by atoms with E-state index in [0.717, 1.165) is 23.3 Å². The summed E-state index contributed by atoms with van der Waals surface area (Å²) in [6.07, 6.45) is 1.05. The summed E-state index contributed by atoms with van der Waals surface area (Å²) in [4.78, 5) is 29.0. The molecule has 1 aliphatic rings. The van der Waals surface area contributed by atoms with E-state index in [1.165, 1.54) is 0 Å². The quantitative estimate of drug-likeness (QED) is 0.789. The second-order valence-corrected chi connectivity index (χ2v) is 6.94. The van der Waals surface area contributed by atoms with Crippen LogP contribution in [0.5, 0.6) is 0 Å². The van der Waals surface area contributed by atoms with Crippen molar-refractivity contribution in [2.24, 2.45) is 4.99 Å². The van der Waals surface area contributed by atoms with Gasteiger partial charge in [0.1, 0.15) is 0 Å².